The van der Waals surface area contributed by atoms with Gasteiger partial charge in [-0.1, -0.05) is 12.1 Å². The van der Waals surface area contributed by atoms with Crippen molar-refractivity contribution in [1.82, 2.24) is 29.5 Å². The first kappa shape index (κ1) is 21.6. The van der Waals surface area contributed by atoms with Crippen LogP contribution in [0.15, 0.2) is 42.7 Å². The lowest BCUT2D eigenvalue weighted by atomic mass is 10.1. The number of hydrogen-bond acceptors (Lipinski definition) is 6. The number of methoxy groups -OCH3 is 1. The van der Waals surface area contributed by atoms with E-state index in [4.69, 9.17) is 9.72 Å². The SMILES string of the molecule is COc1ccccc1-c1ccnc(-n2ncc(C(=O)N3CCN(C(C)C)CC3)c2C2CC2)n1. The van der Waals surface area contributed by atoms with Gasteiger partial charge in [-0.05, 0) is 44.9 Å². The fourth-order valence-electron chi connectivity index (χ4n) is 4.50. The molecule has 0 bridgehead atoms. The van der Waals surface area contributed by atoms with Crippen molar-refractivity contribution >= 4 is 5.91 Å². The van der Waals surface area contributed by atoms with Crippen molar-refractivity contribution in [3.63, 3.8) is 0 Å². The van der Waals surface area contributed by atoms with Gasteiger partial charge in [-0.15, -0.1) is 0 Å². The molecule has 3 aromatic rings. The maximum absolute atomic E-state index is 13.4. The van der Waals surface area contributed by atoms with Crippen molar-refractivity contribution in [2.24, 2.45) is 0 Å². The third kappa shape index (κ3) is 4.23. The zero-order valence-electron chi connectivity index (χ0n) is 19.4. The Hall–Kier alpha value is -3.26. The molecule has 2 aromatic heterocycles. The standard InChI is InChI=1S/C25H30N6O2/c1-17(2)29-12-14-30(15-13-29)24(32)20-16-27-31(23(20)18-8-9-18)25-26-11-10-21(28-25)19-6-4-5-7-22(19)33-3/h4-7,10-11,16-18H,8-9,12-15H2,1-3H3. The number of piperazine rings is 1. The van der Waals surface area contributed by atoms with Crippen LogP contribution in [0.4, 0.5) is 0 Å². The van der Waals surface area contributed by atoms with Crippen LogP contribution < -0.4 is 4.74 Å². The van der Waals surface area contributed by atoms with E-state index in [1.807, 2.05) is 35.2 Å². The van der Waals surface area contributed by atoms with E-state index >= 15 is 0 Å². The third-order valence-electron chi connectivity index (χ3n) is 6.55. The molecule has 0 atom stereocenters. The number of rotatable bonds is 6. The molecule has 1 aliphatic heterocycles. The summed E-state index contributed by atoms with van der Waals surface area (Å²) in [5, 5.41) is 4.59. The highest BCUT2D eigenvalue weighted by molar-refractivity contribution is 5.95. The summed E-state index contributed by atoms with van der Waals surface area (Å²) in [5.41, 5.74) is 3.26. The Bertz CT molecular complexity index is 1150. The van der Waals surface area contributed by atoms with Crippen molar-refractivity contribution in [2.45, 2.75) is 38.6 Å². The Morgan fingerprint density at radius 3 is 2.55 bits per heavy atom. The Labute approximate surface area is 194 Å². The summed E-state index contributed by atoms with van der Waals surface area (Å²) < 4.78 is 7.26. The Kier molecular flexibility index (Phi) is 5.85. The average molecular weight is 447 g/mol. The highest BCUT2D eigenvalue weighted by Gasteiger charge is 2.35. The van der Waals surface area contributed by atoms with E-state index in [2.05, 4.69) is 28.8 Å². The lowest BCUT2D eigenvalue weighted by Crippen LogP contribution is -2.50. The average Bonchev–Trinajstić information content (AvgIpc) is 3.61. The lowest BCUT2D eigenvalue weighted by molar-refractivity contribution is 0.0594. The molecular formula is C25H30N6O2. The van der Waals surface area contributed by atoms with Crippen LogP contribution >= 0.6 is 0 Å². The van der Waals surface area contributed by atoms with E-state index in [-0.39, 0.29) is 5.91 Å². The quantitative estimate of drug-likeness (QED) is 0.578. The zero-order chi connectivity index (χ0) is 22.9. The fourth-order valence-corrected chi connectivity index (χ4v) is 4.50. The van der Waals surface area contributed by atoms with E-state index in [9.17, 15) is 4.79 Å². The van der Waals surface area contributed by atoms with Gasteiger partial charge >= 0.3 is 0 Å². The Morgan fingerprint density at radius 2 is 1.85 bits per heavy atom. The normalized spacial score (nSPS) is 16.9. The van der Waals surface area contributed by atoms with Gasteiger partial charge in [0.05, 0.1) is 30.3 Å². The molecule has 1 aliphatic carbocycles. The predicted octanol–water partition coefficient (Wildman–Crippen LogP) is 3.38. The summed E-state index contributed by atoms with van der Waals surface area (Å²) in [4.78, 5) is 27.1. The van der Waals surface area contributed by atoms with Crippen molar-refractivity contribution in [3.05, 3.63) is 54.0 Å². The van der Waals surface area contributed by atoms with Gasteiger partial charge in [0, 0.05) is 49.9 Å². The number of amides is 1. The Morgan fingerprint density at radius 1 is 1.09 bits per heavy atom. The second-order valence-electron chi connectivity index (χ2n) is 8.99. The van der Waals surface area contributed by atoms with Crippen LogP contribution in [0.1, 0.15) is 48.7 Å². The van der Waals surface area contributed by atoms with E-state index in [1.54, 1.807) is 24.2 Å². The number of hydrogen-bond donors (Lipinski definition) is 0. The molecule has 8 nitrogen and oxygen atoms in total. The number of carbonyl (C=O) groups is 1. The number of para-hydroxylation sites is 1. The van der Waals surface area contributed by atoms with Crippen LogP contribution in [-0.4, -0.2) is 74.8 Å². The summed E-state index contributed by atoms with van der Waals surface area (Å²) in [5.74, 6) is 1.61. The van der Waals surface area contributed by atoms with Crippen LogP contribution in [0.25, 0.3) is 17.2 Å². The van der Waals surface area contributed by atoms with Gasteiger partial charge in [-0.3, -0.25) is 9.69 Å². The van der Waals surface area contributed by atoms with Crippen LogP contribution in [0.3, 0.4) is 0 Å². The molecule has 8 heteroatoms. The zero-order valence-corrected chi connectivity index (χ0v) is 19.4. The first-order valence-electron chi connectivity index (χ1n) is 11.6. The maximum Gasteiger partial charge on any atom is 0.257 e. The molecule has 3 heterocycles. The van der Waals surface area contributed by atoms with Gasteiger partial charge in [0.15, 0.2) is 0 Å². The van der Waals surface area contributed by atoms with Gasteiger partial charge in [0.2, 0.25) is 0 Å². The number of ether oxygens (including phenoxy) is 1. The van der Waals surface area contributed by atoms with E-state index < -0.39 is 0 Å². The Balaban J connectivity index is 1.46. The highest BCUT2D eigenvalue weighted by Crippen LogP contribution is 2.42. The minimum absolute atomic E-state index is 0.0624. The van der Waals surface area contributed by atoms with Crippen molar-refractivity contribution < 1.29 is 9.53 Å². The summed E-state index contributed by atoms with van der Waals surface area (Å²) in [6.45, 7) is 7.69. The molecule has 0 spiro atoms. The maximum atomic E-state index is 13.4. The molecule has 0 N–H and O–H groups in total. The molecule has 2 fully saturated rings. The van der Waals surface area contributed by atoms with Crippen LogP contribution in [0.2, 0.25) is 0 Å². The molecule has 172 valence electrons. The van der Waals surface area contributed by atoms with Crippen molar-refractivity contribution in [2.75, 3.05) is 33.3 Å². The van der Waals surface area contributed by atoms with E-state index in [0.29, 0.717) is 23.5 Å². The summed E-state index contributed by atoms with van der Waals surface area (Å²) >= 11 is 0. The lowest BCUT2D eigenvalue weighted by Gasteiger charge is -2.36. The first-order chi connectivity index (χ1) is 16.1. The van der Waals surface area contributed by atoms with Crippen LogP contribution in [-0.2, 0) is 0 Å². The van der Waals surface area contributed by atoms with Crippen LogP contribution in [0.5, 0.6) is 5.75 Å². The van der Waals surface area contributed by atoms with Crippen LogP contribution in [0, 0.1) is 0 Å². The number of carbonyl (C=O) groups excluding carboxylic acids is 1. The number of aromatic nitrogens is 4. The molecule has 33 heavy (non-hydrogen) atoms. The van der Waals surface area contributed by atoms with Gasteiger partial charge in [-0.2, -0.15) is 5.10 Å². The highest BCUT2D eigenvalue weighted by atomic mass is 16.5. The topological polar surface area (TPSA) is 76.4 Å². The molecule has 0 radical (unpaired) electrons. The second-order valence-corrected chi connectivity index (χ2v) is 8.99. The largest absolute Gasteiger partial charge is 0.496 e. The molecule has 1 aromatic carbocycles. The van der Waals surface area contributed by atoms with E-state index in [0.717, 1.165) is 61.7 Å². The monoisotopic (exact) mass is 446 g/mol. The third-order valence-corrected chi connectivity index (χ3v) is 6.55. The molecular weight excluding hydrogens is 416 g/mol. The number of nitrogens with zero attached hydrogens (tertiary/aromatic N) is 6. The van der Waals surface area contributed by atoms with Gasteiger partial charge in [0.1, 0.15) is 5.75 Å². The summed E-state index contributed by atoms with van der Waals surface area (Å²) in [6.07, 6.45) is 5.54. The van der Waals surface area contributed by atoms with Gasteiger partial charge < -0.3 is 9.64 Å². The number of benzene rings is 1. The minimum atomic E-state index is 0.0624. The van der Waals surface area contributed by atoms with E-state index in [1.165, 1.54) is 0 Å². The summed E-state index contributed by atoms with van der Waals surface area (Å²) in [6, 6.07) is 10.1. The fraction of sp³-hybridized carbons (Fsp3) is 0.440. The molecule has 1 amide bonds. The smallest absolute Gasteiger partial charge is 0.257 e. The molecule has 5 rings (SSSR count). The van der Waals surface area contributed by atoms with Gasteiger partial charge in [-0.25, -0.2) is 14.6 Å². The minimum Gasteiger partial charge on any atom is -0.496 e. The first-order valence-corrected chi connectivity index (χ1v) is 11.6. The second kappa shape index (κ2) is 8.94. The van der Waals surface area contributed by atoms with Crippen molar-refractivity contribution in [3.8, 4) is 23.0 Å². The molecule has 2 aliphatic rings. The molecule has 1 saturated carbocycles. The molecule has 0 unspecified atom stereocenters. The molecule has 1 saturated heterocycles. The summed E-state index contributed by atoms with van der Waals surface area (Å²) in [7, 11) is 1.65. The van der Waals surface area contributed by atoms with Gasteiger partial charge in [0.25, 0.3) is 11.9 Å². The van der Waals surface area contributed by atoms with Crippen molar-refractivity contribution in [1.29, 1.82) is 0 Å². The predicted molar refractivity (Wildman–Crippen MR) is 126 cm³/mol.